The van der Waals surface area contributed by atoms with E-state index >= 15 is 0 Å². The van der Waals surface area contributed by atoms with Crippen LogP contribution in [0.3, 0.4) is 0 Å². The molecule has 1 heterocycles. The van der Waals surface area contributed by atoms with Crippen LogP contribution in [0.15, 0.2) is 79.5 Å². The van der Waals surface area contributed by atoms with E-state index in [0.29, 0.717) is 17.9 Å². The highest BCUT2D eigenvalue weighted by atomic mass is 16.5. The third-order valence-corrected chi connectivity index (χ3v) is 4.90. The monoisotopic (exact) mass is 398 g/mol. The van der Waals surface area contributed by atoms with Crippen molar-refractivity contribution >= 4 is 6.08 Å². The summed E-state index contributed by atoms with van der Waals surface area (Å²) in [5, 5.41) is 17.8. The van der Waals surface area contributed by atoms with E-state index in [0.717, 1.165) is 33.7 Å². The van der Waals surface area contributed by atoms with Crippen LogP contribution in [0.1, 0.15) is 11.1 Å². The molecule has 4 aromatic rings. The maximum Gasteiger partial charge on any atom is 0.128 e. The number of phenolic OH excluding ortho intramolecular Hbond substituents is 1. The fourth-order valence-electron chi connectivity index (χ4n) is 3.21. The van der Waals surface area contributed by atoms with E-state index in [1.54, 1.807) is 25.4 Å². The lowest BCUT2D eigenvalue weighted by Gasteiger charge is -2.10. The topological polar surface area (TPSA) is 67.4 Å². The first-order valence-electron chi connectivity index (χ1n) is 9.53. The van der Waals surface area contributed by atoms with Crippen molar-refractivity contribution in [2.45, 2.75) is 6.61 Å². The van der Waals surface area contributed by atoms with Gasteiger partial charge in [0, 0.05) is 17.2 Å². The standard InChI is InChI=1S/C25H22N2O3/c1-3-17-4-6-18(7-5-17)16-30-21-12-13-22(24(28)14-21)25-23(15-26-27-25)19-8-10-20(29-2)11-9-19/h3-15,28H,1,16H2,2H3,(H,26,27). The minimum absolute atomic E-state index is 0.119. The zero-order valence-electron chi connectivity index (χ0n) is 16.6. The number of ether oxygens (including phenoxy) is 2. The molecule has 150 valence electrons. The van der Waals surface area contributed by atoms with Gasteiger partial charge in [-0.15, -0.1) is 0 Å². The third kappa shape index (κ3) is 4.05. The molecule has 2 N–H and O–H groups in total. The molecule has 5 heteroatoms. The van der Waals surface area contributed by atoms with Crippen LogP contribution >= 0.6 is 0 Å². The summed E-state index contributed by atoms with van der Waals surface area (Å²) in [5.74, 6) is 1.50. The van der Waals surface area contributed by atoms with Gasteiger partial charge in [-0.2, -0.15) is 5.10 Å². The van der Waals surface area contributed by atoms with E-state index in [-0.39, 0.29) is 5.75 Å². The first-order valence-corrected chi connectivity index (χ1v) is 9.53. The minimum Gasteiger partial charge on any atom is -0.507 e. The molecule has 0 bridgehead atoms. The first kappa shape index (κ1) is 19.3. The Hall–Kier alpha value is -3.99. The molecule has 0 amide bonds. The zero-order chi connectivity index (χ0) is 20.9. The number of H-pyrrole nitrogens is 1. The predicted molar refractivity (Wildman–Crippen MR) is 119 cm³/mol. The van der Waals surface area contributed by atoms with Crippen molar-refractivity contribution < 1.29 is 14.6 Å². The van der Waals surface area contributed by atoms with Crippen molar-refractivity contribution in [1.82, 2.24) is 10.2 Å². The number of rotatable bonds is 7. The van der Waals surface area contributed by atoms with Gasteiger partial charge in [-0.25, -0.2) is 0 Å². The van der Waals surface area contributed by atoms with Crippen molar-refractivity contribution in [2.75, 3.05) is 7.11 Å². The second-order valence-electron chi connectivity index (χ2n) is 6.80. The van der Waals surface area contributed by atoms with Gasteiger partial charge in [-0.3, -0.25) is 5.10 Å². The molecule has 0 saturated carbocycles. The molecule has 0 spiro atoms. The van der Waals surface area contributed by atoms with Crippen LogP contribution in [-0.2, 0) is 6.61 Å². The predicted octanol–water partition coefficient (Wildman–Crippen LogP) is 5.68. The molecule has 5 nitrogen and oxygen atoms in total. The van der Waals surface area contributed by atoms with Crippen molar-refractivity contribution in [1.29, 1.82) is 0 Å². The highest BCUT2D eigenvalue weighted by Gasteiger charge is 2.14. The highest BCUT2D eigenvalue weighted by Crippen LogP contribution is 2.37. The Labute approximate surface area is 175 Å². The highest BCUT2D eigenvalue weighted by molar-refractivity contribution is 5.83. The number of aromatic amines is 1. The molecule has 30 heavy (non-hydrogen) atoms. The number of hydrogen-bond acceptors (Lipinski definition) is 4. The van der Waals surface area contributed by atoms with Crippen LogP contribution in [-0.4, -0.2) is 22.4 Å². The number of methoxy groups -OCH3 is 1. The van der Waals surface area contributed by atoms with E-state index < -0.39 is 0 Å². The summed E-state index contributed by atoms with van der Waals surface area (Å²) in [6.07, 6.45) is 3.55. The molecule has 0 atom stereocenters. The quantitative estimate of drug-likeness (QED) is 0.420. The van der Waals surface area contributed by atoms with Crippen molar-refractivity contribution in [2.24, 2.45) is 0 Å². The summed E-state index contributed by atoms with van der Waals surface area (Å²) in [7, 11) is 1.64. The molecular formula is C25H22N2O3. The molecule has 4 rings (SSSR count). The Balaban J connectivity index is 1.53. The summed E-state index contributed by atoms with van der Waals surface area (Å²) in [5.41, 5.74) is 5.36. The fourth-order valence-corrected chi connectivity index (χ4v) is 3.21. The van der Waals surface area contributed by atoms with Gasteiger partial charge in [0.25, 0.3) is 0 Å². The van der Waals surface area contributed by atoms with E-state index in [2.05, 4.69) is 16.8 Å². The summed E-state index contributed by atoms with van der Waals surface area (Å²) in [4.78, 5) is 0. The summed E-state index contributed by atoms with van der Waals surface area (Å²) < 4.78 is 11.1. The number of nitrogens with zero attached hydrogens (tertiary/aromatic N) is 1. The van der Waals surface area contributed by atoms with E-state index in [4.69, 9.17) is 9.47 Å². The van der Waals surface area contributed by atoms with Crippen LogP contribution in [0.2, 0.25) is 0 Å². The molecule has 0 aliphatic rings. The number of hydrogen-bond donors (Lipinski definition) is 2. The second-order valence-corrected chi connectivity index (χ2v) is 6.80. The SMILES string of the molecule is C=Cc1ccc(COc2ccc(-c3[nH]ncc3-c3ccc(OC)cc3)c(O)c2)cc1. The lowest BCUT2D eigenvalue weighted by Crippen LogP contribution is -1.95. The van der Waals surface area contributed by atoms with Crippen LogP contribution in [0.5, 0.6) is 17.2 Å². The Morgan fingerprint density at radius 2 is 1.70 bits per heavy atom. The summed E-state index contributed by atoms with van der Waals surface area (Å²) >= 11 is 0. The number of benzene rings is 3. The fraction of sp³-hybridized carbons (Fsp3) is 0.0800. The van der Waals surface area contributed by atoms with Gasteiger partial charge in [-0.05, 0) is 41.0 Å². The number of aromatic nitrogens is 2. The molecule has 0 saturated heterocycles. The molecular weight excluding hydrogens is 376 g/mol. The minimum atomic E-state index is 0.119. The number of aromatic hydroxyl groups is 1. The van der Waals surface area contributed by atoms with Gasteiger partial charge < -0.3 is 14.6 Å². The Bertz CT molecular complexity index is 1150. The Morgan fingerprint density at radius 3 is 2.37 bits per heavy atom. The molecule has 1 aromatic heterocycles. The molecule has 0 radical (unpaired) electrons. The number of phenols is 1. The largest absolute Gasteiger partial charge is 0.507 e. The molecule has 0 aliphatic heterocycles. The van der Waals surface area contributed by atoms with Crippen LogP contribution in [0.4, 0.5) is 0 Å². The van der Waals surface area contributed by atoms with Gasteiger partial charge in [0.15, 0.2) is 0 Å². The van der Waals surface area contributed by atoms with Gasteiger partial charge in [0.1, 0.15) is 23.9 Å². The van der Waals surface area contributed by atoms with Crippen molar-refractivity contribution in [3.8, 4) is 39.6 Å². The van der Waals surface area contributed by atoms with Crippen LogP contribution < -0.4 is 9.47 Å². The Kier molecular flexibility index (Phi) is 5.52. The summed E-state index contributed by atoms with van der Waals surface area (Å²) in [6, 6.07) is 21.0. The lowest BCUT2D eigenvalue weighted by molar-refractivity contribution is 0.304. The van der Waals surface area contributed by atoms with E-state index in [1.807, 2.05) is 60.7 Å². The molecule has 0 aliphatic carbocycles. The molecule has 0 unspecified atom stereocenters. The third-order valence-electron chi connectivity index (χ3n) is 4.90. The van der Waals surface area contributed by atoms with E-state index in [9.17, 15) is 5.11 Å². The number of nitrogens with one attached hydrogen (secondary N) is 1. The normalized spacial score (nSPS) is 10.6. The molecule has 0 fully saturated rings. The van der Waals surface area contributed by atoms with Gasteiger partial charge in [0.05, 0.1) is 19.0 Å². The average molecular weight is 398 g/mol. The average Bonchev–Trinajstić information content (AvgIpc) is 3.27. The smallest absolute Gasteiger partial charge is 0.128 e. The first-order chi connectivity index (χ1) is 14.7. The van der Waals surface area contributed by atoms with Crippen LogP contribution in [0, 0.1) is 0 Å². The zero-order valence-corrected chi connectivity index (χ0v) is 16.6. The maximum atomic E-state index is 10.6. The maximum absolute atomic E-state index is 10.6. The Morgan fingerprint density at radius 1 is 0.967 bits per heavy atom. The van der Waals surface area contributed by atoms with Gasteiger partial charge in [-0.1, -0.05) is 49.1 Å². The van der Waals surface area contributed by atoms with Gasteiger partial charge >= 0.3 is 0 Å². The second kappa shape index (κ2) is 8.57. The summed E-state index contributed by atoms with van der Waals surface area (Å²) in [6.45, 7) is 4.17. The van der Waals surface area contributed by atoms with Crippen molar-refractivity contribution in [3.05, 3.63) is 90.6 Å². The van der Waals surface area contributed by atoms with Gasteiger partial charge in [0.2, 0.25) is 0 Å². The van der Waals surface area contributed by atoms with Crippen molar-refractivity contribution in [3.63, 3.8) is 0 Å². The molecule has 3 aromatic carbocycles. The van der Waals surface area contributed by atoms with Crippen LogP contribution in [0.25, 0.3) is 28.5 Å². The lowest BCUT2D eigenvalue weighted by atomic mass is 10.0. The van der Waals surface area contributed by atoms with E-state index in [1.165, 1.54) is 0 Å².